The number of esters is 1. The average Bonchev–Trinajstić information content (AvgIpc) is 2.48. The van der Waals surface area contributed by atoms with E-state index in [9.17, 15) is 4.79 Å². The molecule has 0 unspecified atom stereocenters. The maximum atomic E-state index is 11.7. The molecule has 0 amide bonds. The summed E-state index contributed by atoms with van der Waals surface area (Å²) in [5, 5.41) is 0. The first kappa shape index (κ1) is 17.5. The molecule has 1 aromatic carbocycles. The summed E-state index contributed by atoms with van der Waals surface area (Å²) in [6.07, 6.45) is 11.8. The quantitative estimate of drug-likeness (QED) is 0.267. The molecule has 0 spiro atoms. The molecule has 2 N–H and O–H groups in total. The second-order valence-electron chi connectivity index (χ2n) is 5.62. The van der Waals surface area contributed by atoms with Crippen molar-refractivity contribution in [3.63, 3.8) is 0 Å². The number of anilines is 1. The topological polar surface area (TPSA) is 52.3 Å². The number of hydrogen-bond donors (Lipinski definition) is 1. The van der Waals surface area contributed by atoms with Crippen molar-refractivity contribution in [2.45, 2.75) is 71.1 Å². The van der Waals surface area contributed by atoms with Crippen molar-refractivity contribution in [3.05, 3.63) is 24.3 Å². The molecule has 0 saturated heterocycles. The van der Waals surface area contributed by atoms with Gasteiger partial charge in [0, 0.05) is 12.1 Å². The Morgan fingerprint density at radius 3 is 2.00 bits per heavy atom. The summed E-state index contributed by atoms with van der Waals surface area (Å²) in [6.45, 7) is 2.24. The standard InChI is InChI=1S/C18H29NO2/c1-2-3-4-5-6-7-8-9-10-11-18(20)21-17-14-12-16(19)13-15-17/h12-15H,2-11,19H2,1H3. The van der Waals surface area contributed by atoms with Gasteiger partial charge in [0.1, 0.15) is 5.75 Å². The largest absolute Gasteiger partial charge is 0.427 e. The molecule has 0 saturated carbocycles. The molecule has 0 fully saturated rings. The van der Waals surface area contributed by atoms with E-state index in [0.29, 0.717) is 17.9 Å². The molecule has 0 radical (unpaired) electrons. The number of nitrogens with two attached hydrogens (primary N) is 1. The zero-order valence-electron chi connectivity index (χ0n) is 13.3. The van der Waals surface area contributed by atoms with E-state index in [1.807, 2.05) is 0 Å². The lowest BCUT2D eigenvalue weighted by molar-refractivity contribution is -0.134. The van der Waals surface area contributed by atoms with Crippen LogP contribution in [0.1, 0.15) is 71.1 Å². The second-order valence-corrected chi connectivity index (χ2v) is 5.62. The van der Waals surface area contributed by atoms with Crippen LogP contribution in [-0.2, 0) is 4.79 Å². The maximum absolute atomic E-state index is 11.7. The van der Waals surface area contributed by atoms with Crippen molar-refractivity contribution in [2.24, 2.45) is 0 Å². The van der Waals surface area contributed by atoms with Crippen molar-refractivity contribution < 1.29 is 9.53 Å². The van der Waals surface area contributed by atoms with Crippen LogP contribution in [0.3, 0.4) is 0 Å². The highest BCUT2D eigenvalue weighted by atomic mass is 16.5. The molecular weight excluding hydrogens is 262 g/mol. The number of benzene rings is 1. The molecule has 0 bridgehead atoms. The first-order valence-corrected chi connectivity index (χ1v) is 8.28. The first-order valence-electron chi connectivity index (χ1n) is 8.28. The van der Waals surface area contributed by atoms with Gasteiger partial charge in [0.2, 0.25) is 0 Å². The van der Waals surface area contributed by atoms with Crippen LogP contribution < -0.4 is 10.5 Å². The lowest BCUT2D eigenvalue weighted by atomic mass is 10.1. The van der Waals surface area contributed by atoms with Crippen LogP contribution in [0.15, 0.2) is 24.3 Å². The van der Waals surface area contributed by atoms with Crippen LogP contribution >= 0.6 is 0 Å². The predicted molar refractivity (Wildman–Crippen MR) is 88.3 cm³/mol. The lowest BCUT2D eigenvalue weighted by Crippen LogP contribution is -2.07. The van der Waals surface area contributed by atoms with Crippen molar-refractivity contribution >= 4 is 11.7 Å². The molecule has 0 aliphatic carbocycles. The third-order valence-corrected chi connectivity index (χ3v) is 3.60. The van der Waals surface area contributed by atoms with E-state index in [4.69, 9.17) is 10.5 Å². The summed E-state index contributed by atoms with van der Waals surface area (Å²) in [7, 11) is 0. The van der Waals surface area contributed by atoms with Crippen LogP contribution in [0.25, 0.3) is 0 Å². The lowest BCUT2D eigenvalue weighted by Gasteiger charge is -2.05. The Morgan fingerprint density at radius 1 is 0.905 bits per heavy atom. The van der Waals surface area contributed by atoms with E-state index in [0.717, 1.165) is 12.8 Å². The molecule has 0 aromatic heterocycles. The van der Waals surface area contributed by atoms with Crippen molar-refractivity contribution in [1.82, 2.24) is 0 Å². The fraction of sp³-hybridized carbons (Fsp3) is 0.611. The maximum Gasteiger partial charge on any atom is 0.311 e. The molecule has 0 aliphatic rings. The molecule has 1 rings (SSSR count). The monoisotopic (exact) mass is 291 g/mol. The van der Waals surface area contributed by atoms with Gasteiger partial charge < -0.3 is 10.5 Å². The molecule has 0 aliphatic heterocycles. The normalized spacial score (nSPS) is 10.5. The highest BCUT2D eigenvalue weighted by molar-refractivity contribution is 5.72. The Morgan fingerprint density at radius 2 is 1.43 bits per heavy atom. The molecule has 1 aromatic rings. The highest BCUT2D eigenvalue weighted by Gasteiger charge is 2.04. The molecule has 21 heavy (non-hydrogen) atoms. The first-order chi connectivity index (χ1) is 10.2. The molecule has 3 heteroatoms. The summed E-state index contributed by atoms with van der Waals surface area (Å²) in [5.74, 6) is 0.424. The van der Waals surface area contributed by atoms with Gasteiger partial charge >= 0.3 is 5.97 Å². The third-order valence-electron chi connectivity index (χ3n) is 3.60. The van der Waals surface area contributed by atoms with Gasteiger partial charge in [0.15, 0.2) is 0 Å². The van der Waals surface area contributed by atoms with Crippen molar-refractivity contribution in [3.8, 4) is 5.75 Å². The summed E-state index contributed by atoms with van der Waals surface area (Å²) in [4.78, 5) is 11.7. The summed E-state index contributed by atoms with van der Waals surface area (Å²) in [5.41, 5.74) is 6.26. The number of carbonyl (C=O) groups excluding carboxylic acids is 1. The van der Waals surface area contributed by atoms with E-state index in [1.54, 1.807) is 24.3 Å². The Bertz CT molecular complexity index is 387. The van der Waals surface area contributed by atoms with E-state index < -0.39 is 0 Å². The fourth-order valence-electron chi connectivity index (χ4n) is 2.30. The third kappa shape index (κ3) is 9.11. The van der Waals surface area contributed by atoms with Crippen LogP contribution in [0.2, 0.25) is 0 Å². The Labute approximate surface area is 128 Å². The van der Waals surface area contributed by atoms with E-state index >= 15 is 0 Å². The van der Waals surface area contributed by atoms with E-state index in [1.165, 1.54) is 44.9 Å². The molecule has 0 atom stereocenters. The van der Waals surface area contributed by atoms with Gasteiger partial charge in [-0.3, -0.25) is 4.79 Å². The summed E-state index contributed by atoms with van der Waals surface area (Å²) >= 11 is 0. The van der Waals surface area contributed by atoms with Crippen molar-refractivity contribution in [1.29, 1.82) is 0 Å². The number of carbonyl (C=O) groups is 1. The Hall–Kier alpha value is -1.51. The number of rotatable bonds is 11. The average molecular weight is 291 g/mol. The van der Waals surface area contributed by atoms with Crippen LogP contribution in [-0.4, -0.2) is 5.97 Å². The Kier molecular flexibility index (Phi) is 9.34. The van der Waals surface area contributed by atoms with Gasteiger partial charge in [0.25, 0.3) is 0 Å². The zero-order valence-corrected chi connectivity index (χ0v) is 13.3. The van der Waals surface area contributed by atoms with Crippen LogP contribution in [0.5, 0.6) is 5.75 Å². The molecular formula is C18H29NO2. The second kappa shape index (κ2) is 11.2. The van der Waals surface area contributed by atoms with Crippen LogP contribution in [0, 0.1) is 0 Å². The van der Waals surface area contributed by atoms with E-state index in [2.05, 4.69) is 6.92 Å². The smallest absolute Gasteiger partial charge is 0.311 e. The van der Waals surface area contributed by atoms with E-state index in [-0.39, 0.29) is 5.97 Å². The van der Waals surface area contributed by atoms with Crippen LogP contribution in [0.4, 0.5) is 5.69 Å². The minimum absolute atomic E-state index is 0.150. The Balaban J connectivity index is 1.97. The zero-order chi connectivity index (χ0) is 15.3. The molecule has 3 nitrogen and oxygen atoms in total. The van der Waals surface area contributed by atoms with Gasteiger partial charge in [-0.1, -0.05) is 58.3 Å². The number of nitrogen functional groups attached to an aromatic ring is 1. The van der Waals surface area contributed by atoms with Gasteiger partial charge in [-0.05, 0) is 30.7 Å². The molecule has 0 heterocycles. The predicted octanol–water partition coefficient (Wildman–Crippen LogP) is 5.10. The summed E-state index contributed by atoms with van der Waals surface area (Å²) in [6, 6.07) is 6.93. The SMILES string of the molecule is CCCCCCCCCCCC(=O)Oc1ccc(N)cc1. The van der Waals surface area contributed by atoms with Gasteiger partial charge in [0.05, 0.1) is 0 Å². The number of hydrogen-bond acceptors (Lipinski definition) is 3. The van der Waals surface area contributed by atoms with Gasteiger partial charge in [-0.25, -0.2) is 0 Å². The highest BCUT2D eigenvalue weighted by Crippen LogP contribution is 2.15. The fourth-order valence-corrected chi connectivity index (χ4v) is 2.30. The van der Waals surface area contributed by atoms with Gasteiger partial charge in [-0.15, -0.1) is 0 Å². The minimum atomic E-state index is -0.150. The number of ether oxygens (including phenoxy) is 1. The summed E-state index contributed by atoms with van der Waals surface area (Å²) < 4.78 is 5.25. The minimum Gasteiger partial charge on any atom is -0.427 e. The number of unbranched alkanes of at least 4 members (excludes halogenated alkanes) is 8. The van der Waals surface area contributed by atoms with Crippen molar-refractivity contribution in [2.75, 3.05) is 5.73 Å². The molecule has 118 valence electrons. The van der Waals surface area contributed by atoms with Gasteiger partial charge in [-0.2, -0.15) is 0 Å².